The molecule has 0 radical (unpaired) electrons. The molecule has 1 N–H and O–H groups in total. The Labute approximate surface area is 115 Å². The van der Waals surface area contributed by atoms with Crippen LogP contribution in [0.2, 0.25) is 0 Å². The fourth-order valence-electron chi connectivity index (χ4n) is 1.63. The molecule has 1 atom stereocenters. The number of unbranched alkanes of at least 4 members (excludes halogenated alkanes) is 1. The number of esters is 1. The average Bonchev–Trinajstić information content (AvgIpc) is 2.21. The maximum absolute atomic E-state index is 11.9. The molecule has 0 amide bonds. The second-order valence-electron chi connectivity index (χ2n) is 5.60. The Morgan fingerprint density at radius 3 is 2.16 bits per heavy atom. The monoisotopic (exact) mass is 271 g/mol. The zero-order valence-electron chi connectivity index (χ0n) is 12.5. The number of ether oxygens (including phenoxy) is 1. The summed E-state index contributed by atoms with van der Waals surface area (Å²) in [7, 11) is 1.83. The Kier molecular flexibility index (Phi) is 7.52. The zero-order chi connectivity index (χ0) is 15.1. The molecule has 0 heterocycles. The largest absolute Gasteiger partial charge is 0.459 e. The summed E-state index contributed by atoms with van der Waals surface area (Å²) in [4.78, 5) is 35.3. The minimum absolute atomic E-state index is 0.227. The van der Waals surface area contributed by atoms with Crippen molar-refractivity contribution in [2.24, 2.45) is 5.92 Å². The van der Waals surface area contributed by atoms with Gasteiger partial charge in [-0.3, -0.25) is 14.4 Å². The minimum Gasteiger partial charge on any atom is -0.459 e. The molecule has 5 nitrogen and oxygen atoms in total. The number of nitrogens with one attached hydrogen (secondary N) is 1. The first-order valence-electron chi connectivity index (χ1n) is 6.59. The van der Waals surface area contributed by atoms with Crippen molar-refractivity contribution in [2.75, 3.05) is 13.6 Å². The molecule has 0 saturated heterocycles. The van der Waals surface area contributed by atoms with Crippen LogP contribution in [-0.2, 0) is 19.1 Å². The van der Waals surface area contributed by atoms with Crippen molar-refractivity contribution in [2.45, 2.75) is 52.6 Å². The van der Waals surface area contributed by atoms with Crippen molar-refractivity contribution in [3.8, 4) is 0 Å². The highest BCUT2D eigenvalue weighted by molar-refractivity contribution is 6.16. The number of carbonyl (C=O) groups excluding carboxylic acids is 3. The van der Waals surface area contributed by atoms with E-state index in [9.17, 15) is 14.4 Å². The quantitative estimate of drug-likeness (QED) is 0.411. The molecule has 0 spiro atoms. The SMILES string of the molecule is CNCCCCC(=O)C(C(C)=O)C(=O)OC(C)(C)C. The molecular weight excluding hydrogens is 246 g/mol. The molecule has 0 aliphatic rings. The summed E-state index contributed by atoms with van der Waals surface area (Å²) >= 11 is 0. The lowest BCUT2D eigenvalue weighted by Gasteiger charge is -2.22. The van der Waals surface area contributed by atoms with Crippen molar-refractivity contribution in [3.63, 3.8) is 0 Å². The van der Waals surface area contributed by atoms with E-state index < -0.39 is 23.3 Å². The van der Waals surface area contributed by atoms with Gasteiger partial charge in [-0.25, -0.2) is 0 Å². The fourth-order valence-corrected chi connectivity index (χ4v) is 1.63. The summed E-state index contributed by atoms with van der Waals surface area (Å²) in [6.45, 7) is 7.18. The van der Waals surface area contributed by atoms with E-state index in [1.54, 1.807) is 20.8 Å². The van der Waals surface area contributed by atoms with Crippen LogP contribution in [0.4, 0.5) is 0 Å². The Bertz CT molecular complexity index is 331. The van der Waals surface area contributed by atoms with Crippen molar-refractivity contribution in [3.05, 3.63) is 0 Å². The van der Waals surface area contributed by atoms with Gasteiger partial charge >= 0.3 is 5.97 Å². The molecule has 0 aliphatic heterocycles. The lowest BCUT2D eigenvalue weighted by Crippen LogP contribution is -2.36. The summed E-state index contributed by atoms with van der Waals surface area (Å²) in [5.41, 5.74) is -0.697. The normalized spacial score (nSPS) is 12.9. The van der Waals surface area contributed by atoms with Gasteiger partial charge in [-0.1, -0.05) is 0 Å². The number of rotatable bonds is 8. The first-order chi connectivity index (χ1) is 8.69. The molecule has 0 aromatic rings. The van der Waals surface area contributed by atoms with Crippen molar-refractivity contribution in [1.29, 1.82) is 0 Å². The molecule has 110 valence electrons. The van der Waals surface area contributed by atoms with Crippen LogP contribution in [0.5, 0.6) is 0 Å². The highest BCUT2D eigenvalue weighted by Crippen LogP contribution is 2.15. The lowest BCUT2D eigenvalue weighted by atomic mass is 9.95. The van der Waals surface area contributed by atoms with Crippen molar-refractivity contribution in [1.82, 2.24) is 5.32 Å². The fraction of sp³-hybridized carbons (Fsp3) is 0.786. The van der Waals surface area contributed by atoms with Crippen LogP contribution in [0.1, 0.15) is 47.0 Å². The van der Waals surface area contributed by atoms with E-state index >= 15 is 0 Å². The number of hydrogen-bond donors (Lipinski definition) is 1. The first-order valence-corrected chi connectivity index (χ1v) is 6.59. The van der Waals surface area contributed by atoms with E-state index in [4.69, 9.17) is 4.74 Å². The van der Waals surface area contributed by atoms with Crippen LogP contribution < -0.4 is 5.32 Å². The Morgan fingerprint density at radius 1 is 1.16 bits per heavy atom. The molecule has 0 fully saturated rings. The number of Topliss-reactive ketones (excluding diaryl/α,β-unsaturated/α-hetero) is 2. The van der Waals surface area contributed by atoms with E-state index in [1.807, 2.05) is 7.05 Å². The summed E-state index contributed by atoms with van der Waals surface area (Å²) in [6, 6.07) is 0. The second kappa shape index (κ2) is 8.04. The molecular formula is C14H25NO4. The van der Waals surface area contributed by atoms with Crippen LogP contribution in [-0.4, -0.2) is 36.7 Å². The van der Waals surface area contributed by atoms with Crippen LogP contribution in [0.25, 0.3) is 0 Å². The lowest BCUT2D eigenvalue weighted by molar-refractivity contribution is -0.163. The van der Waals surface area contributed by atoms with Crippen LogP contribution in [0.3, 0.4) is 0 Å². The predicted octanol–water partition coefficient (Wildman–Crippen LogP) is 1.49. The summed E-state index contributed by atoms with van der Waals surface area (Å²) in [5.74, 6) is -2.81. The number of ketones is 2. The van der Waals surface area contributed by atoms with Gasteiger partial charge in [-0.15, -0.1) is 0 Å². The van der Waals surface area contributed by atoms with Crippen LogP contribution in [0, 0.1) is 5.92 Å². The van der Waals surface area contributed by atoms with Gasteiger partial charge in [0.2, 0.25) is 0 Å². The standard InChI is InChI=1S/C14H25NO4/c1-10(16)12(13(18)19-14(2,3)4)11(17)8-6-7-9-15-5/h12,15H,6-9H2,1-5H3. The molecule has 0 bridgehead atoms. The first kappa shape index (κ1) is 17.8. The van der Waals surface area contributed by atoms with Crippen LogP contribution in [0.15, 0.2) is 0 Å². The highest BCUT2D eigenvalue weighted by Gasteiger charge is 2.34. The molecule has 0 aromatic heterocycles. The van der Waals surface area contributed by atoms with Gasteiger partial charge in [0, 0.05) is 6.42 Å². The topological polar surface area (TPSA) is 72.5 Å². The van der Waals surface area contributed by atoms with E-state index in [1.165, 1.54) is 6.92 Å². The van der Waals surface area contributed by atoms with Crippen molar-refractivity contribution >= 4 is 17.5 Å². The average molecular weight is 271 g/mol. The van der Waals surface area contributed by atoms with Crippen LogP contribution >= 0.6 is 0 Å². The van der Waals surface area contributed by atoms with E-state index in [-0.39, 0.29) is 12.2 Å². The molecule has 0 aromatic carbocycles. The highest BCUT2D eigenvalue weighted by atomic mass is 16.6. The molecule has 5 heteroatoms. The van der Waals surface area contributed by atoms with E-state index in [2.05, 4.69) is 5.32 Å². The van der Waals surface area contributed by atoms with E-state index in [0.717, 1.165) is 13.0 Å². The Morgan fingerprint density at radius 2 is 1.74 bits per heavy atom. The zero-order valence-corrected chi connectivity index (χ0v) is 12.5. The van der Waals surface area contributed by atoms with Gasteiger partial charge in [0.1, 0.15) is 5.60 Å². The number of carbonyl (C=O) groups is 3. The summed E-state index contributed by atoms with van der Waals surface area (Å²) in [6.07, 6.45) is 1.72. The third-order valence-corrected chi connectivity index (χ3v) is 2.47. The van der Waals surface area contributed by atoms with Gasteiger partial charge in [0.25, 0.3) is 0 Å². The Balaban J connectivity index is 4.51. The molecule has 0 rings (SSSR count). The van der Waals surface area contributed by atoms with Gasteiger partial charge in [-0.2, -0.15) is 0 Å². The van der Waals surface area contributed by atoms with Gasteiger partial charge in [0.15, 0.2) is 17.5 Å². The maximum atomic E-state index is 11.9. The third-order valence-electron chi connectivity index (χ3n) is 2.47. The molecule has 1 unspecified atom stereocenters. The summed E-state index contributed by atoms with van der Waals surface area (Å²) in [5, 5.41) is 2.98. The summed E-state index contributed by atoms with van der Waals surface area (Å²) < 4.78 is 5.12. The van der Waals surface area contributed by atoms with Crippen molar-refractivity contribution < 1.29 is 19.1 Å². The van der Waals surface area contributed by atoms with Gasteiger partial charge < -0.3 is 10.1 Å². The van der Waals surface area contributed by atoms with E-state index in [0.29, 0.717) is 6.42 Å². The molecule has 0 saturated carbocycles. The second-order valence-corrected chi connectivity index (χ2v) is 5.60. The van der Waals surface area contributed by atoms with Gasteiger partial charge in [0.05, 0.1) is 0 Å². The number of hydrogen-bond acceptors (Lipinski definition) is 5. The smallest absolute Gasteiger partial charge is 0.324 e. The minimum atomic E-state index is -1.27. The molecule has 19 heavy (non-hydrogen) atoms. The predicted molar refractivity (Wildman–Crippen MR) is 72.8 cm³/mol. The Hall–Kier alpha value is -1.23. The maximum Gasteiger partial charge on any atom is 0.324 e. The molecule has 0 aliphatic carbocycles. The van der Waals surface area contributed by atoms with Gasteiger partial charge in [-0.05, 0) is 54.1 Å². The third kappa shape index (κ3) is 7.72.